The van der Waals surface area contributed by atoms with Gasteiger partial charge in [0.15, 0.2) is 0 Å². The van der Waals surface area contributed by atoms with Gasteiger partial charge in [0, 0.05) is 50.6 Å². The first-order valence-corrected chi connectivity index (χ1v) is 11.7. The van der Waals surface area contributed by atoms with E-state index in [0.717, 1.165) is 5.69 Å². The summed E-state index contributed by atoms with van der Waals surface area (Å²) < 4.78 is 18.3. The molecule has 4 rings (SSSR count). The molecule has 2 aliphatic rings. The van der Waals surface area contributed by atoms with E-state index in [2.05, 4.69) is 15.5 Å². The summed E-state index contributed by atoms with van der Waals surface area (Å²) in [5.74, 6) is -0.434. The summed E-state index contributed by atoms with van der Waals surface area (Å²) in [6.45, 7) is 3.68. The van der Waals surface area contributed by atoms with Gasteiger partial charge in [0.25, 0.3) is 0 Å². The fraction of sp³-hybridized carbons (Fsp3) is 0.400. The smallest absolute Gasteiger partial charge is 0.243 e. The maximum atomic E-state index is 13.2. The monoisotopic (exact) mass is 483 g/mol. The van der Waals surface area contributed by atoms with Crippen molar-refractivity contribution < 1.29 is 23.5 Å². The first kappa shape index (κ1) is 24.5. The molecule has 10 heteroatoms. The predicted molar refractivity (Wildman–Crippen MR) is 130 cm³/mol. The highest BCUT2D eigenvalue weighted by molar-refractivity contribution is 5.97. The van der Waals surface area contributed by atoms with Crippen LogP contribution in [0.3, 0.4) is 0 Å². The first-order chi connectivity index (χ1) is 16.9. The van der Waals surface area contributed by atoms with Gasteiger partial charge in [-0.1, -0.05) is 0 Å². The third kappa shape index (κ3) is 6.27. The lowest BCUT2D eigenvalue weighted by Crippen LogP contribution is -2.60. The molecule has 0 spiro atoms. The number of hydrogen-bond donors (Lipinski definition) is 2. The number of nitrogens with one attached hydrogen (secondary N) is 2. The second-order valence-electron chi connectivity index (χ2n) is 8.61. The Balaban J connectivity index is 1.31. The number of benzene rings is 2. The Bertz CT molecular complexity index is 1040. The van der Waals surface area contributed by atoms with Gasteiger partial charge in [0.1, 0.15) is 17.6 Å². The minimum absolute atomic E-state index is 0.123. The predicted octanol–water partition coefficient (Wildman–Crippen LogP) is 1.31. The van der Waals surface area contributed by atoms with Gasteiger partial charge in [-0.15, -0.1) is 0 Å². The number of anilines is 2. The quantitative estimate of drug-likeness (QED) is 0.617. The Hall–Kier alpha value is -3.66. The van der Waals surface area contributed by atoms with E-state index in [0.29, 0.717) is 50.7 Å². The minimum Gasteiger partial charge on any atom is -0.497 e. The van der Waals surface area contributed by atoms with Crippen LogP contribution in [0.1, 0.15) is 6.42 Å². The third-order valence-electron chi connectivity index (χ3n) is 6.33. The molecule has 3 amide bonds. The second-order valence-corrected chi connectivity index (χ2v) is 8.61. The lowest BCUT2D eigenvalue weighted by Gasteiger charge is -2.39. The van der Waals surface area contributed by atoms with Crippen molar-refractivity contribution in [1.82, 2.24) is 15.1 Å². The van der Waals surface area contributed by atoms with Crippen molar-refractivity contribution in [2.45, 2.75) is 12.5 Å². The van der Waals surface area contributed by atoms with Crippen LogP contribution in [0.5, 0.6) is 5.75 Å². The molecule has 2 fully saturated rings. The summed E-state index contributed by atoms with van der Waals surface area (Å²) >= 11 is 0. The molecule has 35 heavy (non-hydrogen) atoms. The molecule has 0 aromatic heterocycles. The molecule has 2 aromatic rings. The van der Waals surface area contributed by atoms with Crippen LogP contribution in [-0.2, 0) is 14.4 Å². The Morgan fingerprint density at radius 2 is 1.71 bits per heavy atom. The van der Waals surface area contributed by atoms with Gasteiger partial charge in [-0.2, -0.15) is 0 Å². The topological polar surface area (TPSA) is 94.2 Å². The molecule has 2 aliphatic heterocycles. The van der Waals surface area contributed by atoms with E-state index in [4.69, 9.17) is 4.74 Å². The molecule has 186 valence electrons. The highest BCUT2D eigenvalue weighted by Crippen LogP contribution is 2.19. The molecular weight excluding hydrogens is 453 g/mol. The van der Waals surface area contributed by atoms with E-state index < -0.39 is 6.04 Å². The van der Waals surface area contributed by atoms with E-state index in [1.807, 2.05) is 4.90 Å². The van der Waals surface area contributed by atoms with E-state index in [-0.39, 0.29) is 36.5 Å². The Labute approximate surface area is 203 Å². The van der Waals surface area contributed by atoms with Crippen LogP contribution >= 0.6 is 0 Å². The number of carbonyl (C=O) groups excluding carboxylic acids is 3. The van der Waals surface area contributed by atoms with Crippen molar-refractivity contribution in [2.75, 3.05) is 63.1 Å². The largest absolute Gasteiger partial charge is 0.497 e. The molecule has 2 saturated heterocycles. The van der Waals surface area contributed by atoms with Crippen molar-refractivity contribution >= 4 is 29.1 Å². The average Bonchev–Trinajstić information content (AvgIpc) is 2.86. The standard InChI is InChI=1S/C25H30FN5O4/c1-35-21-8-4-19(5-9-21)28-23(32)16-22-25(34)27-10-11-31(22)24(33)17-29-12-14-30(15-13-29)20-6-2-18(26)3-7-20/h2-9,22H,10-17H2,1H3,(H,27,34)(H,28,32). The molecular formula is C25H30FN5O4. The SMILES string of the molecule is COc1ccc(NC(=O)CC2C(=O)NCCN2C(=O)CN2CCN(c3ccc(F)cc3)CC2)cc1. The zero-order chi connectivity index (χ0) is 24.8. The number of nitrogens with zero attached hydrogens (tertiary/aromatic N) is 3. The maximum Gasteiger partial charge on any atom is 0.243 e. The van der Waals surface area contributed by atoms with Crippen molar-refractivity contribution in [3.63, 3.8) is 0 Å². The number of piperazine rings is 2. The number of methoxy groups -OCH3 is 1. The Kier molecular flexibility index (Phi) is 7.81. The Morgan fingerprint density at radius 1 is 1.03 bits per heavy atom. The molecule has 0 saturated carbocycles. The minimum atomic E-state index is -0.852. The van der Waals surface area contributed by atoms with E-state index in [1.54, 1.807) is 43.5 Å². The number of ether oxygens (including phenoxy) is 1. The maximum absolute atomic E-state index is 13.2. The summed E-state index contributed by atoms with van der Waals surface area (Å²) in [4.78, 5) is 44.0. The number of hydrogen-bond acceptors (Lipinski definition) is 6. The van der Waals surface area contributed by atoms with Gasteiger partial charge in [-0.05, 0) is 48.5 Å². The summed E-state index contributed by atoms with van der Waals surface area (Å²) in [7, 11) is 1.56. The van der Waals surface area contributed by atoms with E-state index in [1.165, 1.54) is 17.0 Å². The van der Waals surface area contributed by atoms with Gasteiger partial charge >= 0.3 is 0 Å². The summed E-state index contributed by atoms with van der Waals surface area (Å²) in [6, 6.07) is 12.4. The van der Waals surface area contributed by atoms with E-state index in [9.17, 15) is 18.8 Å². The zero-order valence-electron chi connectivity index (χ0n) is 19.7. The number of halogens is 1. The van der Waals surface area contributed by atoms with Gasteiger partial charge in [0.2, 0.25) is 17.7 Å². The number of rotatable bonds is 7. The van der Waals surface area contributed by atoms with Crippen molar-refractivity contribution in [3.05, 3.63) is 54.3 Å². The van der Waals surface area contributed by atoms with Crippen molar-refractivity contribution in [2.24, 2.45) is 0 Å². The number of carbonyl (C=O) groups is 3. The summed E-state index contributed by atoms with van der Waals surface area (Å²) in [6.07, 6.45) is -0.123. The van der Waals surface area contributed by atoms with Gasteiger partial charge < -0.3 is 25.2 Å². The van der Waals surface area contributed by atoms with Gasteiger partial charge in [-0.25, -0.2) is 4.39 Å². The van der Waals surface area contributed by atoms with Crippen LogP contribution in [0.4, 0.5) is 15.8 Å². The third-order valence-corrected chi connectivity index (χ3v) is 6.33. The number of amides is 3. The van der Waals surface area contributed by atoms with Crippen LogP contribution < -0.4 is 20.3 Å². The van der Waals surface area contributed by atoms with Crippen LogP contribution in [0, 0.1) is 5.82 Å². The fourth-order valence-corrected chi connectivity index (χ4v) is 4.38. The molecule has 1 atom stereocenters. The van der Waals surface area contributed by atoms with Crippen LogP contribution in [0.2, 0.25) is 0 Å². The molecule has 0 radical (unpaired) electrons. The molecule has 1 unspecified atom stereocenters. The molecule has 9 nitrogen and oxygen atoms in total. The molecule has 0 bridgehead atoms. The normalized spacial score (nSPS) is 18.7. The molecule has 2 N–H and O–H groups in total. The van der Waals surface area contributed by atoms with Crippen molar-refractivity contribution in [1.29, 1.82) is 0 Å². The van der Waals surface area contributed by atoms with Gasteiger partial charge in [-0.3, -0.25) is 19.3 Å². The van der Waals surface area contributed by atoms with Gasteiger partial charge in [0.05, 0.1) is 20.1 Å². The summed E-state index contributed by atoms with van der Waals surface area (Å²) in [5, 5.41) is 5.53. The Morgan fingerprint density at radius 3 is 2.37 bits per heavy atom. The highest BCUT2D eigenvalue weighted by atomic mass is 19.1. The lowest BCUT2D eigenvalue weighted by atomic mass is 10.1. The molecule has 2 aromatic carbocycles. The highest BCUT2D eigenvalue weighted by Gasteiger charge is 2.35. The lowest BCUT2D eigenvalue weighted by molar-refractivity contribution is -0.145. The molecule has 0 aliphatic carbocycles. The van der Waals surface area contributed by atoms with Crippen LogP contribution in [-0.4, -0.2) is 86.5 Å². The second kappa shape index (κ2) is 11.2. The average molecular weight is 484 g/mol. The zero-order valence-corrected chi connectivity index (χ0v) is 19.7. The van der Waals surface area contributed by atoms with E-state index >= 15 is 0 Å². The first-order valence-electron chi connectivity index (χ1n) is 11.7. The van der Waals surface area contributed by atoms with Crippen molar-refractivity contribution in [3.8, 4) is 5.75 Å². The summed E-state index contributed by atoms with van der Waals surface area (Å²) in [5.41, 5.74) is 1.54. The molecule has 2 heterocycles. The fourth-order valence-electron chi connectivity index (χ4n) is 4.38. The van der Waals surface area contributed by atoms with Crippen LogP contribution in [0.15, 0.2) is 48.5 Å². The van der Waals surface area contributed by atoms with Crippen LogP contribution in [0.25, 0.3) is 0 Å².